The first-order valence-electron chi connectivity index (χ1n) is 7.31. The van der Waals surface area contributed by atoms with Crippen LogP contribution in [0, 0.1) is 5.92 Å². The van der Waals surface area contributed by atoms with Crippen molar-refractivity contribution in [3.05, 3.63) is 5.89 Å². The minimum atomic E-state index is -0.186. The van der Waals surface area contributed by atoms with Crippen molar-refractivity contribution < 1.29 is 9.21 Å². The number of amides is 1. The molecule has 1 aliphatic heterocycles. The van der Waals surface area contributed by atoms with Gasteiger partial charge in [0, 0.05) is 25.6 Å². The average Bonchev–Trinajstić information content (AvgIpc) is 3.19. The summed E-state index contributed by atoms with van der Waals surface area (Å²) in [7, 11) is 0. The van der Waals surface area contributed by atoms with Gasteiger partial charge in [-0.2, -0.15) is 0 Å². The fraction of sp³-hybridized carbons (Fsp3) is 0.769. The number of carbonyl (C=O) groups is 1. The summed E-state index contributed by atoms with van der Waals surface area (Å²) in [6.45, 7) is 3.36. The summed E-state index contributed by atoms with van der Waals surface area (Å²) in [5.41, 5.74) is 5.37. The molecule has 1 amide bonds. The number of carbonyl (C=O) groups excluding carboxylic acids is 1. The van der Waals surface area contributed by atoms with Gasteiger partial charge >= 0.3 is 6.01 Å². The lowest BCUT2D eigenvalue weighted by atomic mass is 9.97. The van der Waals surface area contributed by atoms with E-state index in [4.69, 9.17) is 10.2 Å². The van der Waals surface area contributed by atoms with Gasteiger partial charge in [-0.3, -0.25) is 4.79 Å². The van der Waals surface area contributed by atoms with Crippen LogP contribution >= 0.6 is 0 Å². The van der Waals surface area contributed by atoms with Crippen LogP contribution in [0.3, 0.4) is 0 Å². The maximum absolute atomic E-state index is 11.2. The van der Waals surface area contributed by atoms with Crippen LogP contribution in [0.25, 0.3) is 0 Å². The molecular weight excluding hydrogens is 258 g/mol. The van der Waals surface area contributed by atoms with Crippen molar-refractivity contribution >= 4 is 11.9 Å². The van der Waals surface area contributed by atoms with Gasteiger partial charge in [-0.1, -0.05) is 5.10 Å². The Balaban J connectivity index is 1.41. The zero-order chi connectivity index (χ0) is 13.9. The molecule has 1 aliphatic carbocycles. The normalized spacial score (nSPS) is 23.7. The Bertz CT molecular complexity index is 471. The topological polar surface area (TPSA) is 97.3 Å². The molecule has 7 nitrogen and oxygen atoms in total. The molecule has 0 radical (unpaired) electrons. The fourth-order valence-corrected chi connectivity index (χ4v) is 2.61. The molecule has 0 spiro atoms. The molecule has 7 heteroatoms. The van der Waals surface area contributed by atoms with Crippen molar-refractivity contribution in [1.82, 2.24) is 15.1 Å². The van der Waals surface area contributed by atoms with E-state index in [1.807, 2.05) is 0 Å². The zero-order valence-corrected chi connectivity index (χ0v) is 11.5. The molecule has 0 aromatic carbocycles. The molecule has 1 aromatic rings. The van der Waals surface area contributed by atoms with E-state index in [1.165, 1.54) is 0 Å². The lowest BCUT2D eigenvalue weighted by Crippen LogP contribution is -2.42. The van der Waals surface area contributed by atoms with Crippen molar-refractivity contribution in [2.45, 2.75) is 31.6 Å². The minimum Gasteiger partial charge on any atom is -0.408 e. The first-order valence-corrected chi connectivity index (χ1v) is 7.31. The highest BCUT2D eigenvalue weighted by atomic mass is 16.4. The Labute approximate surface area is 117 Å². The number of hydrogen-bond donors (Lipinski definition) is 2. The number of rotatable bonds is 6. The van der Waals surface area contributed by atoms with E-state index in [-0.39, 0.29) is 11.8 Å². The molecule has 20 heavy (non-hydrogen) atoms. The molecular formula is C13H21N5O2. The van der Waals surface area contributed by atoms with E-state index in [1.54, 1.807) is 0 Å². The van der Waals surface area contributed by atoms with Crippen LogP contribution in [0.1, 0.15) is 37.5 Å². The van der Waals surface area contributed by atoms with E-state index >= 15 is 0 Å². The van der Waals surface area contributed by atoms with Crippen LogP contribution in [0.2, 0.25) is 0 Å². The Kier molecular flexibility index (Phi) is 3.86. The SMILES string of the molecule is NC(=O)[C@H]1CCCN(CCNc2nnc(C3CC3)o2)C1. The number of nitrogens with two attached hydrogens (primary N) is 1. The summed E-state index contributed by atoms with van der Waals surface area (Å²) < 4.78 is 5.53. The number of likely N-dealkylation sites (tertiary alicyclic amines) is 1. The molecule has 2 heterocycles. The van der Waals surface area contributed by atoms with Crippen molar-refractivity contribution in [3.8, 4) is 0 Å². The quantitative estimate of drug-likeness (QED) is 0.789. The largest absolute Gasteiger partial charge is 0.408 e. The number of aromatic nitrogens is 2. The van der Waals surface area contributed by atoms with Crippen LogP contribution in [-0.4, -0.2) is 47.2 Å². The van der Waals surface area contributed by atoms with Gasteiger partial charge in [-0.25, -0.2) is 0 Å². The minimum absolute atomic E-state index is 0.00590. The van der Waals surface area contributed by atoms with Gasteiger partial charge in [0.2, 0.25) is 11.8 Å². The first kappa shape index (κ1) is 13.4. The lowest BCUT2D eigenvalue weighted by molar-refractivity contribution is -0.123. The molecule has 0 unspecified atom stereocenters. The molecule has 1 atom stereocenters. The highest BCUT2D eigenvalue weighted by molar-refractivity contribution is 5.76. The van der Waals surface area contributed by atoms with E-state index in [0.717, 1.165) is 57.8 Å². The monoisotopic (exact) mass is 279 g/mol. The van der Waals surface area contributed by atoms with Gasteiger partial charge in [0.1, 0.15) is 0 Å². The Hall–Kier alpha value is -1.63. The number of hydrogen-bond acceptors (Lipinski definition) is 6. The van der Waals surface area contributed by atoms with Gasteiger partial charge in [-0.05, 0) is 32.2 Å². The third-order valence-corrected chi connectivity index (χ3v) is 3.98. The van der Waals surface area contributed by atoms with Gasteiger partial charge in [-0.15, -0.1) is 5.10 Å². The Morgan fingerprint density at radius 1 is 1.40 bits per heavy atom. The van der Waals surface area contributed by atoms with Crippen molar-refractivity contribution in [3.63, 3.8) is 0 Å². The van der Waals surface area contributed by atoms with Crippen LogP contribution < -0.4 is 11.1 Å². The second-order valence-corrected chi connectivity index (χ2v) is 5.69. The predicted octanol–water partition coefficient (Wildman–Crippen LogP) is 0.556. The third-order valence-electron chi connectivity index (χ3n) is 3.98. The fourth-order valence-electron chi connectivity index (χ4n) is 2.61. The first-order chi connectivity index (χ1) is 9.72. The van der Waals surface area contributed by atoms with Crippen LogP contribution in [0.5, 0.6) is 0 Å². The van der Waals surface area contributed by atoms with Gasteiger partial charge in [0.15, 0.2) is 0 Å². The molecule has 1 saturated heterocycles. The Morgan fingerprint density at radius 3 is 3.00 bits per heavy atom. The average molecular weight is 279 g/mol. The van der Waals surface area contributed by atoms with Gasteiger partial charge in [0.25, 0.3) is 0 Å². The lowest BCUT2D eigenvalue weighted by Gasteiger charge is -2.30. The number of primary amides is 1. The van der Waals surface area contributed by atoms with E-state index in [2.05, 4.69) is 20.4 Å². The summed E-state index contributed by atoms with van der Waals surface area (Å²) in [6.07, 6.45) is 4.25. The predicted molar refractivity (Wildman–Crippen MR) is 73.1 cm³/mol. The molecule has 3 rings (SSSR count). The molecule has 3 N–H and O–H groups in total. The number of piperidine rings is 1. The van der Waals surface area contributed by atoms with Gasteiger partial charge < -0.3 is 20.4 Å². The van der Waals surface area contributed by atoms with Crippen LogP contribution in [0.15, 0.2) is 4.42 Å². The van der Waals surface area contributed by atoms with Crippen LogP contribution in [-0.2, 0) is 4.79 Å². The van der Waals surface area contributed by atoms with Crippen molar-refractivity contribution in [2.75, 3.05) is 31.5 Å². The van der Waals surface area contributed by atoms with Crippen molar-refractivity contribution in [1.29, 1.82) is 0 Å². The molecule has 110 valence electrons. The molecule has 0 bridgehead atoms. The highest BCUT2D eigenvalue weighted by Gasteiger charge is 2.29. The van der Waals surface area contributed by atoms with E-state index in [0.29, 0.717) is 11.9 Å². The molecule has 1 aromatic heterocycles. The summed E-state index contributed by atoms with van der Waals surface area (Å²) in [5.74, 6) is 1.04. The summed E-state index contributed by atoms with van der Waals surface area (Å²) >= 11 is 0. The molecule has 2 fully saturated rings. The molecule has 1 saturated carbocycles. The summed E-state index contributed by atoms with van der Waals surface area (Å²) in [6, 6.07) is 0.496. The second-order valence-electron chi connectivity index (χ2n) is 5.69. The standard InChI is InChI=1S/C13H21N5O2/c14-11(19)10-2-1-6-18(8-10)7-5-15-13-17-16-12(20-13)9-3-4-9/h9-10H,1-8H2,(H2,14,19)(H,15,17)/t10-/m0/s1. The van der Waals surface area contributed by atoms with Crippen molar-refractivity contribution in [2.24, 2.45) is 11.7 Å². The smallest absolute Gasteiger partial charge is 0.315 e. The van der Waals surface area contributed by atoms with E-state index in [9.17, 15) is 4.79 Å². The summed E-state index contributed by atoms with van der Waals surface area (Å²) in [5, 5.41) is 11.1. The second kappa shape index (κ2) is 5.78. The van der Waals surface area contributed by atoms with Crippen LogP contribution in [0.4, 0.5) is 6.01 Å². The summed E-state index contributed by atoms with van der Waals surface area (Å²) in [4.78, 5) is 13.5. The number of nitrogens with zero attached hydrogens (tertiary/aromatic N) is 3. The van der Waals surface area contributed by atoms with Gasteiger partial charge in [0.05, 0.1) is 5.92 Å². The molecule has 2 aliphatic rings. The maximum Gasteiger partial charge on any atom is 0.315 e. The van der Waals surface area contributed by atoms with E-state index < -0.39 is 0 Å². The zero-order valence-electron chi connectivity index (χ0n) is 11.5. The third kappa shape index (κ3) is 3.27. The highest BCUT2D eigenvalue weighted by Crippen LogP contribution is 2.39. The number of anilines is 1. The Morgan fingerprint density at radius 2 is 2.25 bits per heavy atom. The number of nitrogens with one attached hydrogen (secondary N) is 1. The maximum atomic E-state index is 11.2.